The van der Waals surface area contributed by atoms with Gasteiger partial charge in [-0.15, -0.1) is 0 Å². The first-order chi connectivity index (χ1) is 16.2. The van der Waals surface area contributed by atoms with Crippen LogP contribution in [0.2, 0.25) is 0 Å². The first kappa shape index (κ1) is 23.5. The Balaban J connectivity index is 1.66. The zero-order valence-corrected chi connectivity index (χ0v) is 19.4. The molecule has 3 aromatic rings. The number of carbonyl (C=O) groups is 1. The maximum Gasteiger partial charge on any atom is 0.256 e. The normalized spacial score (nSPS) is 13.2. The molecule has 34 heavy (non-hydrogen) atoms. The number of nitrogens with one attached hydrogen (secondary N) is 4. The highest BCUT2D eigenvalue weighted by Crippen LogP contribution is 2.26. The molecule has 1 amide bonds. The van der Waals surface area contributed by atoms with E-state index in [9.17, 15) is 14.3 Å². The fourth-order valence-corrected chi connectivity index (χ4v) is 3.71. The molecule has 0 saturated heterocycles. The Bertz CT molecular complexity index is 1210. The number of hydrogen-bond donors (Lipinski definition) is 5. The van der Waals surface area contributed by atoms with Gasteiger partial charge >= 0.3 is 0 Å². The standard InChI is InChI=1S/C24H28FN7O2/c1-4-27-22(33)17-13-28-23(29-16-6-5-15-12-26-10-9-14(15)11-16)32-21(17)31-19-8-7-18(25)20(30-19)24(2,3)34/h5-8,11,13,26,34H,4,9-10,12H2,1-3H3,(H,27,33)(H2,28,29,30,31,32). The van der Waals surface area contributed by atoms with Gasteiger partial charge in [0.1, 0.15) is 34.3 Å². The van der Waals surface area contributed by atoms with Gasteiger partial charge in [-0.25, -0.2) is 14.4 Å². The molecule has 0 radical (unpaired) electrons. The van der Waals surface area contributed by atoms with Gasteiger partial charge in [0.05, 0.1) is 0 Å². The fraction of sp³-hybridized carbons (Fsp3) is 0.333. The first-order valence-corrected chi connectivity index (χ1v) is 11.2. The average Bonchev–Trinajstić information content (AvgIpc) is 2.80. The first-order valence-electron chi connectivity index (χ1n) is 11.2. The molecule has 0 bridgehead atoms. The van der Waals surface area contributed by atoms with Gasteiger partial charge in [-0.1, -0.05) is 6.07 Å². The maximum atomic E-state index is 14.2. The molecule has 1 aliphatic heterocycles. The van der Waals surface area contributed by atoms with Gasteiger partial charge in [-0.05, 0) is 69.1 Å². The molecule has 10 heteroatoms. The minimum Gasteiger partial charge on any atom is -0.384 e. The van der Waals surface area contributed by atoms with Crippen molar-refractivity contribution in [3.05, 3.63) is 64.7 Å². The maximum absolute atomic E-state index is 14.2. The third-order valence-electron chi connectivity index (χ3n) is 5.39. The Labute approximate surface area is 197 Å². The molecule has 0 atom stereocenters. The van der Waals surface area contributed by atoms with Crippen LogP contribution < -0.4 is 21.3 Å². The van der Waals surface area contributed by atoms with E-state index in [0.29, 0.717) is 6.54 Å². The van der Waals surface area contributed by atoms with E-state index in [0.717, 1.165) is 25.2 Å². The molecule has 3 heterocycles. The largest absolute Gasteiger partial charge is 0.384 e. The number of aliphatic hydroxyl groups is 1. The Morgan fingerprint density at radius 1 is 1.18 bits per heavy atom. The Kier molecular flexibility index (Phi) is 6.71. The molecule has 1 aromatic carbocycles. The van der Waals surface area contributed by atoms with Crippen LogP contribution in [0.5, 0.6) is 0 Å². The number of carbonyl (C=O) groups excluding carboxylic acids is 1. The summed E-state index contributed by atoms with van der Waals surface area (Å²) in [4.78, 5) is 25.6. The number of rotatable bonds is 7. The summed E-state index contributed by atoms with van der Waals surface area (Å²) in [6.07, 6.45) is 2.36. The molecule has 0 saturated carbocycles. The Hall–Kier alpha value is -3.63. The second-order valence-electron chi connectivity index (χ2n) is 8.56. The summed E-state index contributed by atoms with van der Waals surface area (Å²) < 4.78 is 14.2. The van der Waals surface area contributed by atoms with Crippen molar-refractivity contribution in [3.8, 4) is 0 Å². The lowest BCUT2D eigenvalue weighted by molar-refractivity contribution is 0.0696. The summed E-state index contributed by atoms with van der Waals surface area (Å²) in [5.74, 6) is -0.270. The SMILES string of the molecule is CCNC(=O)c1cnc(Nc2ccc3c(c2)CCNC3)nc1Nc1ccc(F)c(C(C)(C)O)n1. The van der Waals surface area contributed by atoms with Crippen molar-refractivity contribution in [1.82, 2.24) is 25.6 Å². The third-order valence-corrected chi connectivity index (χ3v) is 5.39. The predicted molar refractivity (Wildman–Crippen MR) is 128 cm³/mol. The van der Waals surface area contributed by atoms with Gasteiger partial charge in [0, 0.05) is 25.0 Å². The molecular formula is C24H28FN7O2. The molecule has 0 fully saturated rings. The van der Waals surface area contributed by atoms with Crippen molar-refractivity contribution in [2.75, 3.05) is 23.7 Å². The van der Waals surface area contributed by atoms with Crippen LogP contribution in [0.4, 0.5) is 27.7 Å². The van der Waals surface area contributed by atoms with Crippen molar-refractivity contribution in [2.45, 2.75) is 39.3 Å². The van der Waals surface area contributed by atoms with E-state index in [1.807, 2.05) is 13.0 Å². The van der Waals surface area contributed by atoms with Crippen LogP contribution in [-0.4, -0.2) is 39.1 Å². The monoisotopic (exact) mass is 465 g/mol. The van der Waals surface area contributed by atoms with Gasteiger partial charge in [-0.3, -0.25) is 4.79 Å². The number of hydrogen-bond acceptors (Lipinski definition) is 8. The number of halogens is 1. The topological polar surface area (TPSA) is 124 Å². The van der Waals surface area contributed by atoms with Gasteiger partial charge in [0.2, 0.25) is 5.95 Å². The van der Waals surface area contributed by atoms with E-state index >= 15 is 0 Å². The summed E-state index contributed by atoms with van der Waals surface area (Å²) in [7, 11) is 0. The number of anilines is 4. The van der Waals surface area contributed by atoms with Crippen LogP contribution in [0.25, 0.3) is 0 Å². The van der Waals surface area contributed by atoms with Gasteiger partial charge in [-0.2, -0.15) is 4.98 Å². The van der Waals surface area contributed by atoms with Crippen LogP contribution >= 0.6 is 0 Å². The lowest BCUT2D eigenvalue weighted by Gasteiger charge is -2.19. The van der Waals surface area contributed by atoms with Crippen LogP contribution in [0.1, 0.15) is 48.0 Å². The molecule has 0 aliphatic carbocycles. The molecule has 4 rings (SSSR count). The summed E-state index contributed by atoms with van der Waals surface area (Å²) in [5, 5.41) is 22.5. The smallest absolute Gasteiger partial charge is 0.256 e. The molecule has 5 N–H and O–H groups in total. The van der Waals surface area contributed by atoms with E-state index in [4.69, 9.17) is 0 Å². The third kappa shape index (κ3) is 5.29. The average molecular weight is 466 g/mol. The van der Waals surface area contributed by atoms with E-state index < -0.39 is 11.4 Å². The predicted octanol–water partition coefficient (Wildman–Crippen LogP) is 3.12. The minimum absolute atomic E-state index is 0.118. The lowest BCUT2D eigenvalue weighted by Crippen LogP contribution is -2.25. The Morgan fingerprint density at radius 3 is 2.76 bits per heavy atom. The van der Waals surface area contributed by atoms with Gasteiger partial charge in [0.15, 0.2) is 0 Å². The molecule has 1 aliphatic rings. The van der Waals surface area contributed by atoms with Crippen LogP contribution in [0.15, 0.2) is 36.5 Å². The van der Waals surface area contributed by atoms with E-state index in [1.54, 1.807) is 0 Å². The highest BCUT2D eigenvalue weighted by Gasteiger charge is 2.24. The van der Waals surface area contributed by atoms with Gasteiger partial charge in [0.25, 0.3) is 5.91 Å². The molecule has 2 aromatic heterocycles. The van der Waals surface area contributed by atoms with Crippen molar-refractivity contribution < 1.29 is 14.3 Å². The highest BCUT2D eigenvalue weighted by atomic mass is 19.1. The lowest BCUT2D eigenvalue weighted by atomic mass is 10.0. The molecular weight excluding hydrogens is 437 g/mol. The summed E-state index contributed by atoms with van der Waals surface area (Å²) in [6.45, 7) is 6.91. The quantitative estimate of drug-likeness (QED) is 0.361. The second kappa shape index (κ2) is 9.70. The summed E-state index contributed by atoms with van der Waals surface area (Å²) in [6, 6.07) is 8.71. The highest BCUT2D eigenvalue weighted by molar-refractivity contribution is 5.99. The fourth-order valence-electron chi connectivity index (χ4n) is 3.71. The number of fused-ring (bicyclic) bond motifs is 1. The summed E-state index contributed by atoms with van der Waals surface area (Å²) in [5.41, 5.74) is 1.96. The van der Waals surface area contributed by atoms with Crippen LogP contribution in [0.3, 0.4) is 0 Å². The zero-order chi connectivity index (χ0) is 24.3. The molecule has 0 spiro atoms. The minimum atomic E-state index is -1.48. The number of amides is 1. The molecule has 9 nitrogen and oxygen atoms in total. The summed E-state index contributed by atoms with van der Waals surface area (Å²) >= 11 is 0. The molecule has 178 valence electrons. The number of benzene rings is 1. The molecule has 0 unspecified atom stereocenters. The Morgan fingerprint density at radius 2 is 2.00 bits per heavy atom. The second-order valence-corrected chi connectivity index (χ2v) is 8.56. The van der Waals surface area contributed by atoms with Crippen molar-refractivity contribution in [1.29, 1.82) is 0 Å². The number of pyridine rings is 1. The van der Waals surface area contributed by atoms with E-state index in [-0.39, 0.29) is 34.7 Å². The zero-order valence-electron chi connectivity index (χ0n) is 19.4. The van der Waals surface area contributed by atoms with E-state index in [1.165, 1.54) is 43.3 Å². The number of nitrogens with zero attached hydrogens (tertiary/aromatic N) is 3. The van der Waals surface area contributed by atoms with Gasteiger partial charge < -0.3 is 26.4 Å². The van der Waals surface area contributed by atoms with Crippen molar-refractivity contribution in [2.24, 2.45) is 0 Å². The van der Waals surface area contributed by atoms with Crippen molar-refractivity contribution in [3.63, 3.8) is 0 Å². The van der Waals surface area contributed by atoms with Crippen LogP contribution in [-0.2, 0) is 18.6 Å². The van der Waals surface area contributed by atoms with Crippen LogP contribution in [0, 0.1) is 5.82 Å². The number of aromatic nitrogens is 3. The van der Waals surface area contributed by atoms with E-state index in [2.05, 4.69) is 48.4 Å². The van der Waals surface area contributed by atoms with Crippen molar-refractivity contribution >= 4 is 29.2 Å².